The van der Waals surface area contributed by atoms with Crippen molar-refractivity contribution in [1.82, 2.24) is 11.0 Å². The first kappa shape index (κ1) is 32.1. The monoisotopic (exact) mass is 724 g/mol. The zero-order valence-corrected chi connectivity index (χ0v) is 26.4. The molecule has 0 saturated heterocycles. The molecule has 0 aliphatic heterocycles. The summed E-state index contributed by atoms with van der Waals surface area (Å²) in [6.07, 6.45) is -1.41. The van der Waals surface area contributed by atoms with E-state index in [-0.39, 0.29) is 0 Å². The van der Waals surface area contributed by atoms with Crippen LogP contribution in [0.5, 0.6) is 17.2 Å². The quantitative estimate of drug-likeness (QED) is 0.185. The van der Waals surface area contributed by atoms with Crippen molar-refractivity contribution in [3.63, 3.8) is 0 Å². The van der Waals surface area contributed by atoms with Gasteiger partial charge in [-0.05, 0) is 55.8 Å². The van der Waals surface area contributed by atoms with Crippen molar-refractivity contribution in [2.45, 2.75) is 19.4 Å². The largest absolute Gasteiger partial charge is 0.446 e. The van der Waals surface area contributed by atoms with Crippen molar-refractivity contribution in [2.75, 3.05) is 0 Å². The lowest BCUT2D eigenvalue weighted by Gasteiger charge is -2.25. The minimum atomic E-state index is -0.774. The zero-order valence-electron chi connectivity index (χ0n) is 21.7. The molecule has 12 heteroatoms. The van der Waals surface area contributed by atoms with E-state index < -0.39 is 17.8 Å². The summed E-state index contributed by atoms with van der Waals surface area (Å²) in [5.74, 6) is 1.22. The Bertz CT molecular complexity index is 1420. The van der Waals surface area contributed by atoms with Gasteiger partial charge < -0.3 is 19.1 Å². The maximum atomic E-state index is 11.9. The van der Waals surface area contributed by atoms with E-state index in [1.54, 1.807) is 74.5 Å². The van der Waals surface area contributed by atoms with E-state index in [4.69, 9.17) is 42.4 Å². The molecule has 0 unspecified atom stereocenters. The predicted molar refractivity (Wildman–Crippen MR) is 164 cm³/mol. The highest BCUT2D eigenvalue weighted by molar-refractivity contribution is 9.10. The summed E-state index contributed by atoms with van der Waals surface area (Å²) in [6, 6.07) is 28.0. The van der Waals surface area contributed by atoms with Gasteiger partial charge in [-0.2, -0.15) is 11.0 Å². The number of hydrogen-bond acceptors (Lipinski definition) is 6. The van der Waals surface area contributed by atoms with E-state index in [1.807, 2.05) is 36.4 Å². The van der Waals surface area contributed by atoms with Crippen LogP contribution in [0.3, 0.4) is 0 Å². The smallest absolute Gasteiger partial charge is 0.437 e. The maximum Gasteiger partial charge on any atom is 0.446 e. The molecule has 0 saturated carbocycles. The predicted octanol–water partition coefficient (Wildman–Crippen LogP) is 9.24. The highest BCUT2D eigenvalue weighted by Gasteiger charge is 2.25. The molecule has 4 rings (SSSR count). The summed E-state index contributed by atoms with van der Waals surface area (Å²) in [4.78, 5) is 33.6. The van der Waals surface area contributed by atoms with Crippen LogP contribution in [0.4, 0.5) is 9.59 Å². The SMILES string of the molecule is CC(C)(OC(=O)NOc1cc(Cl)cc(Br)c1)c1ccccc1.O=C(NOc1cc(Cl)cc(Br)c1)Oc1ccccc1. The second-order valence-corrected chi connectivity index (χ2v) is 11.3. The fourth-order valence-corrected chi connectivity index (χ4v) is 4.80. The number of hydrogen-bond donors (Lipinski definition) is 2. The van der Waals surface area contributed by atoms with Crippen LogP contribution in [-0.2, 0) is 10.3 Å². The number of nitrogens with one attached hydrogen (secondary N) is 2. The van der Waals surface area contributed by atoms with Gasteiger partial charge in [0, 0.05) is 31.1 Å². The Hall–Kier alpha value is -3.44. The molecular weight excluding hydrogens is 703 g/mol. The van der Waals surface area contributed by atoms with Crippen LogP contribution in [0.2, 0.25) is 10.0 Å². The molecule has 8 nitrogen and oxygen atoms in total. The summed E-state index contributed by atoms with van der Waals surface area (Å²) >= 11 is 18.3. The van der Waals surface area contributed by atoms with Crippen molar-refractivity contribution >= 4 is 67.2 Å². The Morgan fingerprint density at radius 1 is 0.659 bits per heavy atom. The van der Waals surface area contributed by atoms with Gasteiger partial charge in [-0.25, -0.2) is 9.59 Å². The molecule has 0 radical (unpaired) electrons. The molecule has 41 heavy (non-hydrogen) atoms. The number of benzene rings is 4. The molecule has 0 fully saturated rings. The number of ether oxygens (including phenoxy) is 2. The molecule has 0 aliphatic rings. The fraction of sp³-hybridized carbons (Fsp3) is 0.103. The number of hydroxylamine groups is 2. The van der Waals surface area contributed by atoms with E-state index in [0.717, 1.165) is 14.5 Å². The molecule has 214 valence electrons. The zero-order chi connectivity index (χ0) is 29.8. The first-order valence-electron chi connectivity index (χ1n) is 11.8. The van der Waals surface area contributed by atoms with Gasteiger partial charge >= 0.3 is 12.2 Å². The second-order valence-electron chi connectivity index (χ2n) is 8.59. The Labute approximate surface area is 264 Å². The lowest BCUT2D eigenvalue weighted by atomic mass is 9.98. The minimum Gasteiger partial charge on any atom is -0.437 e. The lowest BCUT2D eigenvalue weighted by molar-refractivity contribution is 0.0150. The van der Waals surface area contributed by atoms with Crippen LogP contribution in [0.15, 0.2) is 106 Å². The Morgan fingerprint density at radius 3 is 1.61 bits per heavy atom. The van der Waals surface area contributed by atoms with Gasteiger partial charge in [0.05, 0.1) is 0 Å². The molecule has 4 aromatic rings. The van der Waals surface area contributed by atoms with E-state index in [1.165, 1.54) is 0 Å². The van der Waals surface area contributed by atoms with Crippen LogP contribution in [0, 0.1) is 0 Å². The van der Waals surface area contributed by atoms with Crippen LogP contribution < -0.4 is 25.4 Å². The average Bonchev–Trinajstić information content (AvgIpc) is 2.91. The van der Waals surface area contributed by atoms with Gasteiger partial charge in [-0.1, -0.05) is 104 Å². The number of para-hydroxylation sites is 1. The molecule has 0 atom stereocenters. The van der Waals surface area contributed by atoms with Crippen molar-refractivity contribution in [1.29, 1.82) is 0 Å². The Balaban J connectivity index is 0.000000228. The molecule has 0 spiro atoms. The van der Waals surface area contributed by atoms with Gasteiger partial charge in [0.25, 0.3) is 0 Å². The first-order valence-corrected chi connectivity index (χ1v) is 14.2. The third-order valence-corrected chi connectivity index (χ3v) is 6.30. The van der Waals surface area contributed by atoms with Crippen LogP contribution in [0.25, 0.3) is 0 Å². The third kappa shape index (κ3) is 11.5. The van der Waals surface area contributed by atoms with Crippen LogP contribution in [-0.4, -0.2) is 12.2 Å². The van der Waals surface area contributed by atoms with E-state index in [2.05, 4.69) is 42.8 Å². The number of halogens is 4. The summed E-state index contributed by atoms with van der Waals surface area (Å²) in [6.45, 7) is 3.61. The summed E-state index contributed by atoms with van der Waals surface area (Å²) in [5.41, 5.74) is 4.51. The van der Waals surface area contributed by atoms with Crippen molar-refractivity contribution in [3.05, 3.63) is 122 Å². The van der Waals surface area contributed by atoms with Crippen LogP contribution >= 0.6 is 55.1 Å². The van der Waals surface area contributed by atoms with Gasteiger partial charge in [-0.15, -0.1) is 0 Å². The molecule has 0 bridgehead atoms. The second kappa shape index (κ2) is 15.5. The number of rotatable bonds is 7. The molecule has 2 amide bonds. The summed E-state index contributed by atoms with van der Waals surface area (Å²) in [7, 11) is 0. The molecular formula is C29H24Br2Cl2N2O6. The summed E-state index contributed by atoms with van der Waals surface area (Å²) in [5, 5.41) is 0.978. The summed E-state index contributed by atoms with van der Waals surface area (Å²) < 4.78 is 11.9. The third-order valence-electron chi connectivity index (χ3n) is 4.95. The van der Waals surface area contributed by atoms with E-state index >= 15 is 0 Å². The molecule has 0 heterocycles. The van der Waals surface area contributed by atoms with Crippen molar-refractivity contribution in [2.24, 2.45) is 0 Å². The fourth-order valence-electron chi connectivity index (χ4n) is 3.14. The standard InChI is InChI=1S/C16H15BrClNO3.C13H9BrClNO3/c1-16(2,11-6-4-3-5-7-11)21-15(20)19-22-14-9-12(17)8-13(18)10-14;14-9-6-10(15)8-12(7-9)19-16-13(17)18-11-4-2-1-3-5-11/h3-10H,1-2H3,(H,19,20);1-8H,(H,16,17). The van der Waals surface area contributed by atoms with E-state index in [0.29, 0.717) is 27.3 Å². The topological polar surface area (TPSA) is 95.1 Å². The van der Waals surface area contributed by atoms with E-state index in [9.17, 15) is 9.59 Å². The average molecular weight is 727 g/mol. The van der Waals surface area contributed by atoms with Gasteiger partial charge in [0.15, 0.2) is 11.5 Å². The van der Waals surface area contributed by atoms with Gasteiger partial charge in [0.1, 0.15) is 11.4 Å². The van der Waals surface area contributed by atoms with Gasteiger partial charge in [0.2, 0.25) is 0 Å². The Kier molecular flexibility index (Phi) is 12.2. The maximum absolute atomic E-state index is 11.9. The van der Waals surface area contributed by atoms with Crippen molar-refractivity contribution in [3.8, 4) is 17.2 Å². The minimum absolute atomic E-state index is 0.393. The van der Waals surface area contributed by atoms with Crippen molar-refractivity contribution < 1.29 is 28.7 Å². The highest BCUT2D eigenvalue weighted by Crippen LogP contribution is 2.26. The normalized spacial score (nSPS) is 10.4. The molecule has 0 aromatic heterocycles. The number of carbonyl (C=O) groups is 2. The molecule has 0 aliphatic carbocycles. The highest BCUT2D eigenvalue weighted by atomic mass is 79.9. The first-order chi connectivity index (χ1) is 19.5. The van der Waals surface area contributed by atoms with Gasteiger partial charge in [-0.3, -0.25) is 0 Å². The number of carbonyl (C=O) groups excluding carboxylic acids is 2. The Morgan fingerprint density at radius 2 is 1.12 bits per heavy atom. The molecule has 2 N–H and O–H groups in total. The molecule has 4 aromatic carbocycles. The lowest BCUT2D eigenvalue weighted by Crippen LogP contribution is -2.34. The van der Waals surface area contributed by atoms with Crippen LogP contribution in [0.1, 0.15) is 19.4 Å². The number of amides is 2.